The highest BCUT2D eigenvalue weighted by Gasteiger charge is 2.25. The van der Waals surface area contributed by atoms with Gasteiger partial charge in [0.25, 0.3) is 0 Å². The van der Waals surface area contributed by atoms with Crippen LogP contribution in [0, 0.1) is 11.3 Å². The number of halogens is 1. The first kappa shape index (κ1) is 24.5. The number of carbonyl (C=O) groups is 2. The summed E-state index contributed by atoms with van der Waals surface area (Å²) in [4.78, 5) is 23.9. The van der Waals surface area contributed by atoms with Gasteiger partial charge in [-0.15, -0.1) is 0 Å². The fourth-order valence-electron chi connectivity index (χ4n) is 2.90. The standard InChI is InChI=1S/C22H24ClN3O4S/c1-16(27)6-3-2-4-9-21(22(28)25-19-8-5-7-18(23)14-19)26-31(29,30)20-12-10-17(15-24)11-13-20/h5,7-8,10-14,21,26H,2-4,6,9H2,1H3,(H,25,28)/t21-/m0/s1. The molecule has 0 bridgehead atoms. The van der Waals surface area contributed by atoms with E-state index in [0.29, 0.717) is 42.0 Å². The molecule has 0 unspecified atom stereocenters. The number of nitrogens with one attached hydrogen (secondary N) is 2. The van der Waals surface area contributed by atoms with Gasteiger partial charge in [0.1, 0.15) is 11.8 Å². The number of anilines is 1. The summed E-state index contributed by atoms with van der Waals surface area (Å²) in [6, 6.07) is 12.9. The Kier molecular flexibility index (Phi) is 9.19. The number of rotatable bonds is 11. The molecule has 0 aliphatic rings. The van der Waals surface area contributed by atoms with Gasteiger partial charge in [-0.05, 0) is 62.2 Å². The summed E-state index contributed by atoms with van der Waals surface area (Å²) in [5.74, 6) is -0.414. The molecular formula is C22H24ClN3O4S. The summed E-state index contributed by atoms with van der Waals surface area (Å²) in [5.41, 5.74) is 0.788. The normalized spacial score (nSPS) is 12.0. The lowest BCUT2D eigenvalue weighted by atomic mass is 10.1. The molecule has 7 nitrogen and oxygen atoms in total. The van der Waals surface area contributed by atoms with E-state index < -0.39 is 22.0 Å². The Bertz CT molecular complexity index is 1060. The van der Waals surface area contributed by atoms with Crippen molar-refractivity contribution in [2.75, 3.05) is 5.32 Å². The van der Waals surface area contributed by atoms with E-state index in [2.05, 4.69) is 10.0 Å². The maximum atomic E-state index is 12.8. The number of Topliss-reactive ketones (excluding diaryl/α,β-unsaturated/α-hetero) is 1. The van der Waals surface area contributed by atoms with Crippen molar-refractivity contribution in [3.8, 4) is 6.07 Å². The minimum absolute atomic E-state index is 0.0383. The van der Waals surface area contributed by atoms with Gasteiger partial charge in [0.05, 0.1) is 16.5 Å². The highest BCUT2D eigenvalue weighted by Crippen LogP contribution is 2.17. The SMILES string of the molecule is CC(=O)CCCCC[C@H](NS(=O)(=O)c1ccc(C#N)cc1)C(=O)Nc1cccc(Cl)c1. The van der Waals surface area contributed by atoms with E-state index in [4.69, 9.17) is 16.9 Å². The Labute approximate surface area is 187 Å². The Balaban J connectivity index is 2.13. The van der Waals surface area contributed by atoms with Crippen LogP contribution >= 0.6 is 11.6 Å². The zero-order chi connectivity index (χ0) is 22.9. The smallest absolute Gasteiger partial charge is 0.242 e. The summed E-state index contributed by atoms with van der Waals surface area (Å²) in [5, 5.41) is 12.0. The van der Waals surface area contributed by atoms with Crippen LogP contribution in [0.1, 0.15) is 44.6 Å². The first-order valence-corrected chi connectivity index (χ1v) is 11.7. The molecular weight excluding hydrogens is 438 g/mol. The van der Waals surface area contributed by atoms with Gasteiger partial charge in [-0.3, -0.25) is 4.79 Å². The molecule has 2 N–H and O–H groups in total. The molecule has 1 amide bonds. The third-order valence-corrected chi connectivity index (χ3v) is 6.24. The lowest BCUT2D eigenvalue weighted by molar-refractivity contribution is -0.118. The molecule has 0 fully saturated rings. The second-order valence-corrected chi connectivity index (χ2v) is 9.26. The summed E-state index contributed by atoms with van der Waals surface area (Å²) in [7, 11) is -3.99. The molecule has 31 heavy (non-hydrogen) atoms. The van der Waals surface area contributed by atoms with Gasteiger partial charge in [0.15, 0.2) is 0 Å². The molecule has 2 aromatic carbocycles. The van der Waals surface area contributed by atoms with Crippen molar-refractivity contribution < 1.29 is 18.0 Å². The average molecular weight is 462 g/mol. The van der Waals surface area contributed by atoms with Crippen LogP contribution < -0.4 is 10.0 Å². The molecule has 0 saturated carbocycles. The van der Waals surface area contributed by atoms with Crippen LogP contribution in [0.2, 0.25) is 5.02 Å². The molecule has 2 rings (SSSR count). The predicted molar refractivity (Wildman–Crippen MR) is 119 cm³/mol. The lowest BCUT2D eigenvalue weighted by Gasteiger charge is -2.19. The van der Waals surface area contributed by atoms with E-state index in [1.54, 1.807) is 24.3 Å². The van der Waals surface area contributed by atoms with E-state index in [-0.39, 0.29) is 17.1 Å². The van der Waals surface area contributed by atoms with E-state index in [9.17, 15) is 18.0 Å². The molecule has 0 heterocycles. The second kappa shape index (κ2) is 11.6. The quantitative estimate of drug-likeness (QED) is 0.490. The minimum atomic E-state index is -3.99. The van der Waals surface area contributed by atoms with Gasteiger partial charge in [-0.2, -0.15) is 9.98 Å². The van der Waals surface area contributed by atoms with Crippen LogP contribution in [0.3, 0.4) is 0 Å². The first-order valence-electron chi connectivity index (χ1n) is 9.79. The Morgan fingerprint density at radius 3 is 2.42 bits per heavy atom. The van der Waals surface area contributed by atoms with Crippen LogP contribution in [-0.2, 0) is 19.6 Å². The van der Waals surface area contributed by atoms with Crippen molar-refractivity contribution in [2.24, 2.45) is 0 Å². The third-order valence-electron chi connectivity index (χ3n) is 4.52. The van der Waals surface area contributed by atoms with Gasteiger partial charge >= 0.3 is 0 Å². The number of amides is 1. The van der Waals surface area contributed by atoms with Crippen molar-refractivity contribution in [1.82, 2.24) is 4.72 Å². The molecule has 1 atom stereocenters. The van der Waals surface area contributed by atoms with E-state index in [1.807, 2.05) is 6.07 Å². The summed E-state index contributed by atoms with van der Waals surface area (Å²) < 4.78 is 28.0. The first-order chi connectivity index (χ1) is 14.7. The third kappa shape index (κ3) is 8.13. The summed E-state index contributed by atoms with van der Waals surface area (Å²) in [6.07, 6.45) is 2.66. The van der Waals surface area contributed by atoms with Crippen LogP contribution in [0.15, 0.2) is 53.4 Å². The average Bonchev–Trinajstić information content (AvgIpc) is 2.72. The van der Waals surface area contributed by atoms with Gasteiger partial charge < -0.3 is 10.1 Å². The van der Waals surface area contributed by atoms with Gasteiger partial charge in [-0.1, -0.05) is 30.5 Å². The van der Waals surface area contributed by atoms with Crippen LogP contribution in [-0.4, -0.2) is 26.2 Å². The van der Waals surface area contributed by atoms with Crippen molar-refractivity contribution in [1.29, 1.82) is 5.26 Å². The van der Waals surface area contributed by atoms with E-state index >= 15 is 0 Å². The van der Waals surface area contributed by atoms with Gasteiger partial charge in [0.2, 0.25) is 15.9 Å². The number of benzene rings is 2. The minimum Gasteiger partial charge on any atom is -0.325 e. The number of hydrogen-bond acceptors (Lipinski definition) is 5. The number of carbonyl (C=O) groups excluding carboxylic acids is 2. The number of nitriles is 1. The van der Waals surface area contributed by atoms with E-state index in [0.717, 1.165) is 0 Å². The lowest BCUT2D eigenvalue weighted by Crippen LogP contribution is -2.43. The van der Waals surface area contributed by atoms with Crippen LogP contribution in [0.5, 0.6) is 0 Å². The fourth-order valence-corrected chi connectivity index (χ4v) is 4.32. The molecule has 164 valence electrons. The van der Waals surface area contributed by atoms with Gasteiger partial charge in [-0.25, -0.2) is 8.42 Å². The Morgan fingerprint density at radius 1 is 1.10 bits per heavy atom. The number of hydrogen-bond donors (Lipinski definition) is 2. The summed E-state index contributed by atoms with van der Waals surface area (Å²) >= 11 is 5.95. The molecule has 2 aromatic rings. The molecule has 0 spiro atoms. The number of ketones is 1. The van der Waals surface area contributed by atoms with Crippen LogP contribution in [0.25, 0.3) is 0 Å². The maximum Gasteiger partial charge on any atom is 0.242 e. The largest absolute Gasteiger partial charge is 0.325 e. The molecule has 9 heteroatoms. The number of sulfonamides is 1. The number of unbranched alkanes of at least 4 members (excludes halogenated alkanes) is 2. The molecule has 0 aliphatic carbocycles. The van der Waals surface area contributed by atoms with Crippen molar-refractivity contribution >= 4 is 39.0 Å². The zero-order valence-electron chi connectivity index (χ0n) is 17.1. The topological polar surface area (TPSA) is 116 Å². The molecule has 0 radical (unpaired) electrons. The van der Waals surface area contributed by atoms with Crippen molar-refractivity contribution in [3.63, 3.8) is 0 Å². The number of nitrogens with zero attached hydrogens (tertiary/aromatic N) is 1. The van der Waals surface area contributed by atoms with E-state index in [1.165, 1.54) is 31.2 Å². The highest BCUT2D eigenvalue weighted by molar-refractivity contribution is 7.89. The Hall–Kier alpha value is -2.73. The predicted octanol–water partition coefficient (Wildman–Crippen LogP) is 4.04. The van der Waals surface area contributed by atoms with Crippen molar-refractivity contribution in [2.45, 2.75) is 50.0 Å². The summed E-state index contributed by atoms with van der Waals surface area (Å²) in [6.45, 7) is 1.52. The molecule has 0 aliphatic heterocycles. The van der Waals surface area contributed by atoms with Gasteiger partial charge in [0, 0.05) is 17.1 Å². The monoisotopic (exact) mass is 461 g/mol. The highest BCUT2D eigenvalue weighted by atomic mass is 35.5. The maximum absolute atomic E-state index is 12.8. The molecule has 0 aromatic heterocycles. The van der Waals surface area contributed by atoms with Crippen molar-refractivity contribution in [3.05, 3.63) is 59.1 Å². The van der Waals surface area contributed by atoms with Crippen LogP contribution in [0.4, 0.5) is 5.69 Å². The zero-order valence-corrected chi connectivity index (χ0v) is 18.7. The Morgan fingerprint density at radius 2 is 1.81 bits per heavy atom. The molecule has 0 saturated heterocycles. The second-order valence-electron chi connectivity index (χ2n) is 7.11. The fraction of sp³-hybridized carbons (Fsp3) is 0.318.